The van der Waals surface area contributed by atoms with Crippen LogP contribution in [-0.4, -0.2) is 47.0 Å². The SMILES string of the molecule is CC(C)Cc1nc(Cl)c([N+](=O)[O-])c(NCCN(C)C)n1. The standard InChI is InChI=1S/C12H20ClN5O2/c1-8(2)7-9-15-11(13)10(18(19)20)12(16-9)14-5-6-17(3)4/h8H,5-7H2,1-4H3,(H,14,15,16). The molecule has 0 aliphatic heterocycles. The summed E-state index contributed by atoms with van der Waals surface area (Å²) in [5.74, 6) is 1.05. The molecule has 0 fully saturated rings. The van der Waals surface area contributed by atoms with E-state index >= 15 is 0 Å². The first kappa shape index (κ1) is 16.6. The zero-order valence-electron chi connectivity index (χ0n) is 12.2. The molecule has 0 saturated heterocycles. The Balaban J connectivity index is 3.02. The lowest BCUT2D eigenvalue weighted by molar-refractivity contribution is -0.384. The van der Waals surface area contributed by atoms with Crippen molar-refractivity contribution in [3.63, 3.8) is 0 Å². The molecular formula is C12H20ClN5O2. The molecule has 0 spiro atoms. The van der Waals surface area contributed by atoms with Crippen molar-refractivity contribution in [1.82, 2.24) is 14.9 Å². The van der Waals surface area contributed by atoms with Crippen molar-refractivity contribution in [3.05, 3.63) is 21.1 Å². The molecule has 1 aromatic heterocycles. The fourth-order valence-electron chi connectivity index (χ4n) is 1.61. The van der Waals surface area contributed by atoms with Crippen molar-refractivity contribution in [2.75, 3.05) is 32.5 Å². The highest BCUT2D eigenvalue weighted by atomic mass is 35.5. The number of nitrogens with zero attached hydrogens (tertiary/aromatic N) is 4. The lowest BCUT2D eigenvalue weighted by Crippen LogP contribution is -2.22. The van der Waals surface area contributed by atoms with Gasteiger partial charge in [-0.3, -0.25) is 10.1 Å². The van der Waals surface area contributed by atoms with Gasteiger partial charge >= 0.3 is 5.69 Å². The summed E-state index contributed by atoms with van der Waals surface area (Å²) < 4.78 is 0. The van der Waals surface area contributed by atoms with Crippen molar-refractivity contribution < 1.29 is 4.92 Å². The maximum absolute atomic E-state index is 11.1. The number of nitro groups is 1. The molecule has 0 unspecified atom stereocenters. The van der Waals surface area contributed by atoms with E-state index in [1.807, 2.05) is 32.8 Å². The van der Waals surface area contributed by atoms with Gasteiger partial charge in [-0.15, -0.1) is 0 Å². The van der Waals surface area contributed by atoms with E-state index in [4.69, 9.17) is 11.6 Å². The van der Waals surface area contributed by atoms with Crippen molar-refractivity contribution in [3.8, 4) is 0 Å². The second kappa shape index (κ2) is 7.35. The third-order valence-corrected chi connectivity index (χ3v) is 2.78. The van der Waals surface area contributed by atoms with E-state index in [0.29, 0.717) is 24.7 Å². The third-order valence-electron chi connectivity index (χ3n) is 2.51. The zero-order chi connectivity index (χ0) is 15.3. The van der Waals surface area contributed by atoms with Crippen LogP contribution in [0.25, 0.3) is 0 Å². The molecule has 20 heavy (non-hydrogen) atoms. The molecule has 1 heterocycles. The molecule has 0 aromatic carbocycles. The van der Waals surface area contributed by atoms with Gasteiger partial charge in [0.1, 0.15) is 5.82 Å². The molecule has 1 aromatic rings. The lowest BCUT2D eigenvalue weighted by atomic mass is 10.1. The largest absolute Gasteiger partial charge is 0.363 e. The lowest BCUT2D eigenvalue weighted by Gasteiger charge is -2.12. The molecule has 112 valence electrons. The summed E-state index contributed by atoms with van der Waals surface area (Å²) in [5.41, 5.74) is -0.266. The van der Waals surface area contributed by atoms with E-state index in [9.17, 15) is 10.1 Å². The van der Waals surface area contributed by atoms with Crippen LogP contribution in [0, 0.1) is 16.0 Å². The van der Waals surface area contributed by atoms with Crippen LogP contribution in [0.1, 0.15) is 19.7 Å². The molecule has 0 aliphatic carbocycles. The minimum absolute atomic E-state index is 0.118. The monoisotopic (exact) mass is 301 g/mol. The molecule has 7 nitrogen and oxygen atoms in total. The first-order valence-electron chi connectivity index (χ1n) is 6.40. The number of halogens is 1. The maximum Gasteiger partial charge on any atom is 0.348 e. The number of hydrogen-bond donors (Lipinski definition) is 1. The minimum Gasteiger partial charge on any atom is -0.363 e. The van der Waals surface area contributed by atoms with Gasteiger partial charge in [0.15, 0.2) is 0 Å². The van der Waals surface area contributed by atoms with Crippen LogP contribution >= 0.6 is 11.6 Å². The Bertz CT molecular complexity index is 479. The number of nitrogens with one attached hydrogen (secondary N) is 1. The average Bonchev–Trinajstić information content (AvgIpc) is 2.25. The fourth-order valence-corrected chi connectivity index (χ4v) is 1.87. The summed E-state index contributed by atoms with van der Waals surface area (Å²) in [6.45, 7) is 5.33. The summed E-state index contributed by atoms with van der Waals surface area (Å²) in [6.07, 6.45) is 0.625. The smallest absolute Gasteiger partial charge is 0.348 e. The summed E-state index contributed by atoms with van der Waals surface area (Å²) in [6, 6.07) is 0. The van der Waals surface area contributed by atoms with Crippen LogP contribution < -0.4 is 5.32 Å². The Kier molecular flexibility index (Phi) is 6.09. The Morgan fingerprint density at radius 1 is 1.40 bits per heavy atom. The summed E-state index contributed by atoms with van der Waals surface area (Å²) in [7, 11) is 3.85. The molecule has 0 amide bonds. The Labute approximate surface area is 123 Å². The van der Waals surface area contributed by atoms with Gasteiger partial charge in [0, 0.05) is 19.5 Å². The van der Waals surface area contributed by atoms with Gasteiger partial charge in [0.25, 0.3) is 0 Å². The molecule has 0 saturated carbocycles. The minimum atomic E-state index is -0.556. The molecular weight excluding hydrogens is 282 g/mol. The number of rotatable bonds is 7. The fraction of sp³-hybridized carbons (Fsp3) is 0.667. The number of hydrogen-bond acceptors (Lipinski definition) is 6. The van der Waals surface area contributed by atoms with Gasteiger partial charge in [0.2, 0.25) is 11.0 Å². The first-order chi connectivity index (χ1) is 9.31. The summed E-state index contributed by atoms with van der Waals surface area (Å²) in [5, 5.41) is 13.9. The van der Waals surface area contributed by atoms with Crippen LogP contribution in [0.2, 0.25) is 5.15 Å². The summed E-state index contributed by atoms with van der Waals surface area (Å²) >= 11 is 5.91. The molecule has 1 N–H and O–H groups in total. The zero-order valence-corrected chi connectivity index (χ0v) is 12.9. The highest BCUT2D eigenvalue weighted by molar-refractivity contribution is 6.31. The molecule has 0 atom stereocenters. The number of aromatic nitrogens is 2. The van der Waals surface area contributed by atoms with Crippen LogP contribution in [0.3, 0.4) is 0 Å². The third kappa shape index (κ3) is 4.90. The highest BCUT2D eigenvalue weighted by Crippen LogP contribution is 2.29. The van der Waals surface area contributed by atoms with E-state index in [2.05, 4.69) is 15.3 Å². The van der Waals surface area contributed by atoms with E-state index in [0.717, 1.165) is 6.54 Å². The second-order valence-electron chi connectivity index (χ2n) is 5.21. The second-order valence-corrected chi connectivity index (χ2v) is 5.57. The predicted octanol–water partition coefficient (Wildman–Crippen LogP) is 2.21. The van der Waals surface area contributed by atoms with Crippen LogP contribution in [0.15, 0.2) is 0 Å². The van der Waals surface area contributed by atoms with Gasteiger partial charge in [-0.2, -0.15) is 0 Å². The van der Waals surface area contributed by atoms with Crippen molar-refractivity contribution in [1.29, 1.82) is 0 Å². The van der Waals surface area contributed by atoms with Gasteiger partial charge in [0.05, 0.1) is 4.92 Å². The predicted molar refractivity (Wildman–Crippen MR) is 79.3 cm³/mol. The van der Waals surface area contributed by atoms with Crippen LogP contribution in [0.4, 0.5) is 11.5 Å². The Hall–Kier alpha value is -1.47. The van der Waals surface area contributed by atoms with Crippen molar-refractivity contribution in [2.45, 2.75) is 20.3 Å². The Morgan fingerprint density at radius 3 is 2.55 bits per heavy atom. The van der Waals surface area contributed by atoms with Gasteiger partial charge in [-0.05, 0) is 20.0 Å². The van der Waals surface area contributed by atoms with Gasteiger partial charge in [-0.25, -0.2) is 9.97 Å². The van der Waals surface area contributed by atoms with E-state index < -0.39 is 4.92 Å². The quantitative estimate of drug-likeness (QED) is 0.472. The molecule has 8 heteroatoms. The summed E-state index contributed by atoms with van der Waals surface area (Å²) in [4.78, 5) is 20.7. The highest BCUT2D eigenvalue weighted by Gasteiger charge is 2.23. The molecule has 0 aliphatic rings. The molecule has 0 bridgehead atoms. The van der Waals surface area contributed by atoms with Crippen molar-refractivity contribution in [2.24, 2.45) is 5.92 Å². The molecule has 0 radical (unpaired) electrons. The molecule has 1 rings (SSSR count). The van der Waals surface area contributed by atoms with E-state index in [1.165, 1.54) is 0 Å². The van der Waals surface area contributed by atoms with Crippen LogP contribution in [-0.2, 0) is 6.42 Å². The van der Waals surface area contributed by atoms with E-state index in [-0.39, 0.29) is 16.7 Å². The maximum atomic E-state index is 11.1. The number of likely N-dealkylation sites (N-methyl/N-ethyl adjacent to an activating group) is 1. The van der Waals surface area contributed by atoms with E-state index in [1.54, 1.807) is 0 Å². The van der Waals surface area contributed by atoms with Gasteiger partial charge < -0.3 is 10.2 Å². The van der Waals surface area contributed by atoms with Crippen LogP contribution in [0.5, 0.6) is 0 Å². The van der Waals surface area contributed by atoms with Crippen molar-refractivity contribution >= 4 is 23.1 Å². The Morgan fingerprint density at radius 2 is 2.05 bits per heavy atom. The normalized spacial score (nSPS) is 11.2. The van der Waals surface area contributed by atoms with Gasteiger partial charge in [-0.1, -0.05) is 25.4 Å². The first-order valence-corrected chi connectivity index (χ1v) is 6.78. The number of anilines is 1. The average molecular weight is 302 g/mol. The topological polar surface area (TPSA) is 84.2 Å².